The molecule has 0 spiro atoms. The third-order valence-corrected chi connectivity index (χ3v) is 6.08. The van der Waals surface area contributed by atoms with Gasteiger partial charge in [0, 0.05) is 23.1 Å². The first-order chi connectivity index (χ1) is 12.8. The molecule has 0 unspecified atom stereocenters. The Morgan fingerprint density at radius 1 is 1.19 bits per heavy atom. The molecule has 3 rings (SSSR count). The Hall–Kier alpha value is -1.97. The van der Waals surface area contributed by atoms with Gasteiger partial charge < -0.3 is 9.64 Å². The van der Waals surface area contributed by atoms with E-state index in [1.54, 1.807) is 17.9 Å². The molecule has 1 N–H and O–H groups in total. The fourth-order valence-corrected chi connectivity index (χ4v) is 4.14. The average Bonchev–Trinajstić information content (AvgIpc) is 2.64. The summed E-state index contributed by atoms with van der Waals surface area (Å²) < 4.78 is 47.3. The highest BCUT2D eigenvalue weighted by molar-refractivity contribution is 9.10. The maximum absolute atomic E-state index is 14.0. The Kier molecular flexibility index (Phi) is 5.83. The zero-order valence-corrected chi connectivity index (χ0v) is 16.9. The van der Waals surface area contributed by atoms with Gasteiger partial charge in [0.05, 0.1) is 23.8 Å². The number of ether oxygens (including phenoxy) is 1. The van der Waals surface area contributed by atoms with E-state index in [2.05, 4.69) is 20.7 Å². The predicted molar refractivity (Wildman–Crippen MR) is 103 cm³/mol. The number of hydrogen-bond donors (Lipinski definition) is 1. The Balaban J connectivity index is 1.90. The van der Waals surface area contributed by atoms with Crippen molar-refractivity contribution in [3.63, 3.8) is 0 Å². The molecule has 0 saturated carbocycles. The summed E-state index contributed by atoms with van der Waals surface area (Å²) in [5.41, 5.74) is 0.802. The van der Waals surface area contributed by atoms with Crippen LogP contribution in [0.4, 0.5) is 10.1 Å². The molecule has 144 valence electrons. The van der Waals surface area contributed by atoms with Gasteiger partial charge in [0.25, 0.3) is 15.9 Å². The summed E-state index contributed by atoms with van der Waals surface area (Å²) in [7, 11) is -4.05. The second kappa shape index (κ2) is 7.95. The molecule has 1 aliphatic rings. The molecule has 1 saturated heterocycles. The lowest BCUT2D eigenvalue weighted by Gasteiger charge is -2.27. The molecular formula is C18H18BrFN2O4S. The lowest BCUT2D eigenvalue weighted by Crippen LogP contribution is -2.41. The first kappa shape index (κ1) is 19.8. The number of carbonyl (C=O) groups excluding carboxylic acids is 1. The highest BCUT2D eigenvalue weighted by Crippen LogP contribution is 2.24. The SMILES string of the molecule is Cc1ccc(S(=O)(=O)Nc2ccc(Br)cc2F)cc1C(=O)N1CCOCC1. The predicted octanol–water partition coefficient (Wildman–Crippen LogP) is 3.17. The molecule has 1 heterocycles. The average molecular weight is 457 g/mol. The molecule has 0 aromatic heterocycles. The number of morpholine rings is 1. The number of carbonyl (C=O) groups is 1. The second-order valence-corrected chi connectivity index (χ2v) is 8.71. The standard InChI is InChI=1S/C18H18BrFN2O4S/c1-12-2-4-14(11-15(12)18(23)22-6-8-26-9-7-22)27(24,25)21-17-5-3-13(19)10-16(17)20/h2-5,10-11,21H,6-9H2,1H3. The molecule has 27 heavy (non-hydrogen) atoms. The van der Waals surface area contributed by atoms with Gasteiger partial charge >= 0.3 is 0 Å². The summed E-state index contributed by atoms with van der Waals surface area (Å²) in [6.45, 7) is 3.56. The monoisotopic (exact) mass is 456 g/mol. The van der Waals surface area contributed by atoms with Crippen LogP contribution < -0.4 is 4.72 Å². The fourth-order valence-electron chi connectivity index (χ4n) is 2.71. The van der Waals surface area contributed by atoms with Crippen molar-refractivity contribution in [3.8, 4) is 0 Å². The molecule has 1 amide bonds. The molecule has 0 aliphatic carbocycles. The van der Waals surface area contributed by atoms with Gasteiger partial charge in [-0.1, -0.05) is 22.0 Å². The van der Waals surface area contributed by atoms with Gasteiger partial charge in [-0.05, 0) is 42.8 Å². The van der Waals surface area contributed by atoms with Crippen LogP contribution in [-0.2, 0) is 14.8 Å². The van der Waals surface area contributed by atoms with Crippen molar-refractivity contribution in [2.75, 3.05) is 31.0 Å². The maximum Gasteiger partial charge on any atom is 0.262 e. The number of anilines is 1. The van der Waals surface area contributed by atoms with Crippen molar-refractivity contribution in [1.82, 2.24) is 4.90 Å². The Morgan fingerprint density at radius 2 is 1.89 bits per heavy atom. The largest absolute Gasteiger partial charge is 0.378 e. The summed E-state index contributed by atoms with van der Waals surface area (Å²) in [5.74, 6) is -0.952. The topological polar surface area (TPSA) is 75.7 Å². The van der Waals surface area contributed by atoms with Gasteiger partial charge in [0.2, 0.25) is 0 Å². The van der Waals surface area contributed by atoms with Gasteiger partial charge in [-0.15, -0.1) is 0 Å². The second-order valence-electron chi connectivity index (χ2n) is 6.11. The number of sulfonamides is 1. The van der Waals surface area contributed by atoms with Gasteiger partial charge in [0.1, 0.15) is 5.82 Å². The zero-order valence-electron chi connectivity index (χ0n) is 14.5. The third-order valence-electron chi connectivity index (χ3n) is 4.22. The normalized spacial score (nSPS) is 14.9. The van der Waals surface area contributed by atoms with Gasteiger partial charge in [-0.2, -0.15) is 0 Å². The molecule has 0 radical (unpaired) electrons. The number of nitrogens with one attached hydrogen (secondary N) is 1. The number of amides is 1. The van der Waals surface area contributed by atoms with E-state index < -0.39 is 15.8 Å². The Bertz CT molecular complexity index is 975. The molecule has 9 heteroatoms. The summed E-state index contributed by atoms with van der Waals surface area (Å²) in [6, 6.07) is 8.31. The van der Waals surface area contributed by atoms with Crippen LogP contribution in [0, 0.1) is 12.7 Å². The van der Waals surface area contributed by atoms with Crippen molar-refractivity contribution >= 4 is 37.5 Å². The smallest absolute Gasteiger partial charge is 0.262 e. The highest BCUT2D eigenvalue weighted by atomic mass is 79.9. The van der Waals surface area contributed by atoms with Crippen LogP contribution in [0.1, 0.15) is 15.9 Å². The lowest BCUT2D eigenvalue weighted by molar-refractivity contribution is 0.0302. The minimum absolute atomic E-state index is 0.105. The van der Waals surface area contributed by atoms with Crippen molar-refractivity contribution in [2.45, 2.75) is 11.8 Å². The summed E-state index contributed by atoms with van der Waals surface area (Å²) in [4.78, 5) is 14.3. The lowest BCUT2D eigenvalue weighted by atomic mass is 10.1. The summed E-state index contributed by atoms with van der Waals surface area (Å²) in [5, 5.41) is 0. The van der Waals surface area contributed by atoms with Crippen molar-refractivity contribution < 1.29 is 22.3 Å². The van der Waals surface area contributed by atoms with Gasteiger partial charge in [-0.3, -0.25) is 9.52 Å². The van der Waals surface area contributed by atoms with Crippen LogP contribution in [0.2, 0.25) is 0 Å². The van der Waals surface area contributed by atoms with E-state index in [-0.39, 0.29) is 16.5 Å². The molecule has 6 nitrogen and oxygen atoms in total. The van der Waals surface area contributed by atoms with Crippen LogP contribution in [-0.4, -0.2) is 45.5 Å². The number of benzene rings is 2. The van der Waals surface area contributed by atoms with E-state index in [0.29, 0.717) is 41.9 Å². The molecular weight excluding hydrogens is 439 g/mol. The first-order valence-electron chi connectivity index (χ1n) is 8.23. The molecule has 2 aromatic rings. The van der Waals surface area contributed by atoms with E-state index in [1.165, 1.54) is 30.3 Å². The molecule has 1 aliphatic heterocycles. The number of rotatable bonds is 4. The first-order valence-corrected chi connectivity index (χ1v) is 10.5. The zero-order chi connectivity index (χ0) is 19.6. The summed E-state index contributed by atoms with van der Waals surface area (Å²) in [6.07, 6.45) is 0. The molecule has 1 fully saturated rings. The molecule has 2 aromatic carbocycles. The van der Waals surface area contributed by atoms with E-state index >= 15 is 0 Å². The van der Waals surface area contributed by atoms with E-state index in [9.17, 15) is 17.6 Å². The summed E-state index contributed by atoms with van der Waals surface area (Å²) >= 11 is 3.12. The number of nitrogens with zero attached hydrogens (tertiary/aromatic N) is 1. The number of hydrogen-bond acceptors (Lipinski definition) is 4. The molecule has 0 atom stereocenters. The quantitative estimate of drug-likeness (QED) is 0.766. The fraction of sp³-hybridized carbons (Fsp3) is 0.278. The number of aryl methyl sites for hydroxylation is 1. The van der Waals surface area contributed by atoms with Crippen LogP contribution in [0.3, 0.4) is 0 Å². The Morgan fingerprint density at radius 3 is 2.56 bits per heavy atom. The van der Waals surface area contributed by atoms with E-state index in [0.717, 1.165) is 0 Å². The maximum atomic E-state index is 14.0. The Labute approximate surface area is 165 Å². The van der Waals surface area contributed by atoms with Crippen LogP contribution in [0.25, 0.3) is 0 Å². The molecule has 0 bridgehead atoms. The van der Waals surface area contributed by atoms with E-state index in [4.69, 9.17) is 4.74 Å². The minimum Gasteiger partial charge on any atom is -0.378 e. The third kappa shape index (κ3) is 4.48. The van der Waals surface area contributed by atoms with Crippen molar-refractivity contribution in [2.24, 2.45) is 0 Å². The minimum atomic E-state index is -4.05. The van der Waals surface area contributed by atoms with Gasteiger partial charge in [-0.25, -0.2) is 12.8 Å². The van der Waals surface area contributed by atoms with Crippen molar-refractivity contribution in [1.29, 1.82) is 0 Å². The van der Waals surface area contributed by atoms with Crippen LogP contribution >= 0.6 is 15.9 Å². The van der Waals surface area contributed by atoms with Crippen LogP contribution in [0.15, 0.2) is 45.8 Å². The van der Waals surface area contributed by atoms with Crippen LogP contribution in [0.5, 0.6) is 0 Å². The number of halogens is 2. The van der Waals surface area contributed by atoms with Crippen molar-refractivity contribution in [3.05, 3.63) is 57.8 Å². The highest BCUT2D eigenvalue weighted by Gasteiger charge is 2.23. The van der Waals surface area contributed by atoms with E-state index in [1.807, 2.05) is 0 Å². The van der Waals surface area contributed by atoms with Gasteiger partial charge in [0.15, 0.2) is 0 Å².